The Hall–Kier alpha value is -1.91. The molecule has 2 aromatic rings. The molecule has 25 heavy (non-hydrogen) atoms. The molecule has 0 fully saturated rings. The zero-order valence-electron chi connectivity index (χ0n) is 14.8. The fourth-order valence-corrected chi connectivity index (χ4v) is 4.40. The van der Waals surface area contributed by atoms with E-state index in [1.165, 1.54) is 22.3 Å². The summed E-state index contributed by atoms with van der Waals surface area (Å²) in [5, 5.41) is 0.682. The van der Waals surface area contributed by atoms with Crippen molar-refractivity contribution in [3.05, 3.63) is 51.5 Å². The minimum Gasteiger partial charge on any atom is -0.495 e. The minimum atomic E-state index is 0.345. The molecule has 0 aromatic heterocycles. The molecule has 0 aliphatic carbocycles. The van der Waals surface area contributed by atoms with Crippen molar-refractivity contribution >= 4 is 11.6 Å². The van der Waals surface area contributed by atoms with Gasteiger partial charge in [0.25, 0.3) is 0 Å². The Morgan fingerprint density at radius 3 is 2.52 bits per heavy atom. The average molecular weight is 360 g/mol. The Bertz CT molecular complexity index is 821. The van der Waals surface area contributed by atoms with Crippen LogP contribution in [0.5, 0.6) is 17.2 Å². The first-order valence-corrected chi connectivity index (χ1v) is 8.87. The molecule has 2 aliphatic heterocycles. The van der Waals surface area contributed by atoms with E-state index in [-0.39, 0.29) is 0 Å². The number of rotatable bonds is 3. The second-order valence-corrected chi connectivity index (χ2v) is 6.97. The summed E-state index contributed by atoms with van der Waals surface area (Å²) in [6, 6.07) is 8.68. The predicted octanol–water partition coefficient (Wildman–Crippen LogP) is 4.02. The zero-order chi connectivity index (χ0) is 17.6. The summed E-state index contributed by atoms with van der Waals surface area (Å²) in [4.78, 5) is 2.51. The van der Waals surface area contributed by atoms with Gasteiger partial charge in [-0.2, -0.15) is 0 Å². The Labute approximate surface area is 153 Å². The van der Waals surface area contributed by atoms with E-state index in [0.29, 0.717) is 11.1 Å². The zero-order valence-corrected chi connectivity index (χ0v) is 15.5. The van der Waals surface area contributed by atoms with E-state index in [1.54, 1.807) is 21.3 Å². The van der Waals surface area contributed by atoms with Crippen LogP contribution in [0.15, 0.2) is 24.3 Å². The van der Waals surface area contributed by atoms with Gasteiger partial charge in [0.05, 0.1) is 26.4 Å². The van der Waals surface area contributed by atoms with Crippen molar-refractivity contribution in [1.82, 2.24) is 4.90 Å². The van der Waals surface area contributed by atoms with Crippen LogP contribution in [0, 0.1) is 0 Å². The normalized spacial score (nSPS) is 18.8. The van der Waals surface area contributed by atoms with Crippen LogP contribution in [0.1, 0.15) is 28.3 Å². The van der Waals surface area contributed by atoms with Crippen LogP contribution in [-0.2, 0) is 19.4 Å². The number of benzene rings is 2. The van der Waals surface area contributed by atoms with E-state index in [2.05, 4.69) is 23.1 Å². The van der Waals surface area contributed by atoms with Gasteiger partial charge in [0.1, 0.15) is 5.75 Å². The summed E-state index contributed by atoms with van der Waals surface area (Å²) in [6.45, 7) is 1.88. The van der Waals surface area contributed by atoms with Crippen molar-refractivity contribution in [2.45, 2.75) is 25.4 Å². The molecule has 0 bridgehead atoms. The number of hydrogen-bond acceptors (Lipinski definition) is 4. The third-order valence-corrected chi connectivity index (χ3v) is 5.70. The predicted molar refractivity (Wildman–Crippen MR) is 98.1 cm³/mol. The largest absolute Gasteiger partial charge is 0.495 e. The lowest BCUT2D eigenvalue weighted by Gasteiger charge is -2.42. The first-order valence-electron chi connectivity index (χ1n) is 8.49. The molecule has 0 N–H and O–H groups in total. The lowest BCUT2D eigenvalue weighted by Crippen LogP contribution is -2.39. The summed E-state index contributed by atoms with van der Waals surface area (Å²) in [5.41, 5.74) is 5.21. The number of methoxy groups -OCH3 is 3. The number of ether oxygens (including phenoxy) is 3. The van der Waals surface area contributed by atoms with Crippen LogP contribution in [-0.4, -0.2) is 32.8 Å². The molecule has 2 heterocycles. The Morgan fingerprint density at radius 2 is 1.80 bits per heavy atom. The topological polar surface area (TPSA) is 30.9 Å². The fourth-order valence-electron chi connectivity index (χ4n) is 4.15. The summed E-state index contributed by atoms with van der Waals surface area (Å²) in [5.74, 6) is 2.42. The average Bonchev–Trinajstić information content (AvgIpc) is 2.65. The van der Waals surface area contributed by atoms with Crippen molar-refractivity contribution < 1.29 is 14.2 Å². The van der Waals surface area contributed by atoms with Gasteiger partial charge in [-0.1, -0.05) is 17.7 Å². The van der Waals surface area contributed by atoms with Crippen LogP contribution in [0.4, 0.5) is 0 Å². The molecular weight excluding hydrogens is 338 g/mol. The first kappa shape index (κ1) is 16.6. The second-order valence-electron chi connectivity index (χ2n) is 6.56. The van der Waals surface area contributed by atoms with Crippen molar-refractivity contribution in [3.8, 4) is 17.2 Å². The SMILES string of the molecule is COc1cc2c(cc1Cl)C1Cc3ccc(OC)c(OC)c3CN1CC2. The highest BCUT2D eigenvalue weighted by Gasteiger charge is 2.34. The molecule has 1 atom stereocenters. The smallest absolute Gasteiger partial charge is 0.165 e. The molecule has 0 spiro atoms. The van der Waals surface area contributed by atoms with Crippen molar-refractivity contribution in [3.63, 3.8) is 0 Å². The monoisotopic (exact) mass is 359 g/mol. The van der Waals surface area contributed by atoms with Crippen LogP contribution in [0.3, 0.4) is 0 Å². The standard InChI is InChI=1S/C20H22ClNO3/c1-23-18-5-4-12-8-17-14-10-16(21)19(24-2)9-13(14)6-7-22(17)11-15(12)20(18)25-3/h4-5,9-10,17H,6-8,11H2,1-3H3. The van der Waals surface area contributed by atoms with Crippen LogP contribution >= 0.6 is 11.6 Å². The highest BCUT2D eigenvalue weighted by atomic mass is 35.5. The number of fused-ring (bicyclic) bond motifs is 4. The molecule has 132 valence electrons. The summed E-state index contributed by atoms with van der Waals surface area (Å²) in [6.07, 6.45) is 1.95. The highest BCUT2D eigenvalue weighted by Crippen LogP contribution is 2.45. The third-order valence-electron chi connectivity index (χ3n) is 5.40. The summed E-state index contributed by atoms with van der Waals surface area (Å²) >= 11 is 6.40. The van der Waals surface area contributed by atoms with Gasteiger partial charge in [-0.15, -0.1) is 0 Å². The molecule has 0 saturated carbocycles. The van der Waals surface area contributed by atoms with Crippen LogP contribution in [0.2, 0.25) is 5.02 Å². The van der Waals surface area contributed by atoms with Crippen molar-refractivity contribution in [2.24, 2.45) is 0 Å². The van der Waals surface area contributed by atoms with Gasteiger partial charge in [0.15, 0.2) is 11.5 Å². The fraction of sp³-hybridized carbons (Fsp3) is 0.400. The van der Waals surface area contributed by atoms with Gasteiger partial charge in [0, 0.05) is 24.7 Å². The van der Waals surface area contributed by atoms with E-state index in [4.69, 9.17) is 25.8 Å². The van der Waals surface area contributed by atoms with Gasteiger partial charge >= 0.3 is 0 Å². The maximum atomic E-state index is 6.40. The van der Waals surface area contributed by atoms with Gasteiger partial charge < -0.3 is 14.2 Å². The number of nitrogens with zero attached hydrogens (tertiary/aromatic N) is 1. The molecule has 0 radical (unpaired) electrons. The van der Waals surface area contributed by atoms with E-state index >= 15 is 0 Å². The molecule has 4 nitrogen and oxygen atoms in total. The quantitative estimate of drug-likeness (QED) is 0.828. The van der Waals surface area contributed by atoms with E-state index in [1.807, 2.05) is 6.07 Å². The maximum absolute atomic E-state index is 6.40. The van der Waals surface area contributed by atoms with Crippen LogP contribution in [0.25, 0.3) is 0 Å². The first-order chi connectivity index (χ1) is 12.2. The molecule has 2 aliphatic rings. The van der Waals surface area contributed by atoms with Gasteiger partial charge in [-0.05, 0) is 47.7 Å². The molecule has 2 aromatic carbocycles. The summed E-state index contributed by atoms with van der Waals surface area (Å²) < 4.78 is 16.5. The van der Waals surface area contributed by atoms with Gasteiger partial charge in [-0.3, -0.25) is 4.90 Å². The third kappa shape index (κ3) is 2.64. The minimum absolute atomic E-state index is 0.345. The Kier molecular flexibility index (Phi) is 4.26. The van der Waals surface area contributed by atoms with E-state index < -0.39 is 0 Å². The van der Waals surface area contributed by atoms with Crippen molar-refractivity contribution in [1.29, 1.82) is 0 Å². The lowest BCUT2D eigenvalue weighted by molar-refractivity contribution is 0.157. The molecular formula is C20H22ClNO3. The van der Waals surface area contributed by atoms with E-state index in [9.17, 15) is 0 Å². The molecule has 4 rings (SSSR count). The van der Waals surface area contributed by atoms with Gasteiger partial charge in [0.2, 0.25) is 0 Å². The number of hydrogen-bond donors (Lipinski definition) is 0. The number of halogens is 1. The lowest BCUT2D eigenvalue weighted by atomic mass is 9.83. The second kappa shape index (κ2) is 6.43. The molecule has 0 amide bonds. The molecule has 1 unspecified atom stereocenters. The highest BCUT2D eigenvalue weighted by molar-refractivity contribution is 6.32. The Balaban J connectivity index is 1.76. The molecule has 5 heteroatoms. The Morgan fingerprint density at radius 1 is 1.00 bits per heavy atom. The van der Waals surface area contributed by atoms with Gasteiger partial charge in [-0.25, -0.2) is 0 Å². The maximum Gasteiger partial charge on any atom is 0.165 e. The van der Waals surface area contributed by atoms with Crippen molar-refractivity contribution in [2.75, 3.05) is 27.9 Å². The van der Waals surface area contributed by atoms with Crippen LogP contribution < -0.4 is 14.2 Å². The molecule has 0 saturated heterocycles. The van der Waals surface area contributed by atoms with E-state index in [0.717, 1.165) is 43.2 Å². The summed E-state index contributed by atoms with van der Waals surface area (Å²) in [7, 11) is 5.06.